The van der Waals surface area contributed by atoms with E-state index in [4.69, 9.17) is 5.11 Å². The maximum absolute atomic E-state index is 12.1. The van der Waals surface area contributed by atoms with Crippen LogP contribution in [0.1, 0.15) is 41.8 Å². The molecule has 1 heterocycles. The van der Waals surface area contributed by atoms with E-state index in [9.17, 15) is 13.2 Å². The minimum Gasteiger partial charge on any atom is -0.477 e. The van der Waals surface area contributed by atoms with Crippen LogP contribution in [0.25, 0.3) is 0 Å². The van der Waals surface area contributed by atoms with Gasteiger partial charge in [-0.25, -0.2) is 17.9 Å². The zero-order valence-electron chi connectivity index (χ0n) is 10.5. The van der Waals surface area contributed by atoms with Crippen molar-refractivity contribution < 1.29 is 18.3 Å². The molecule has 2 rings (SSSR count). The van der Waals surface area contributed by atoms with Gasteiger partial charge in [0.1, 0.15) is 9.77 Å². The molecular formula is C12H17NO4S2. The van der Waals surface area contributed by atoms with Crippen LogP contribution in [0.15, 0.2) is 16.3 Å². The van der Waals surface area contributed by atoms with Gasteiger partial charge in [-0.3, -0.25) is 0 Å². The zero-order chi connectivity index (χ0) is 13.9. The molecule has 5 nitrogen and oxygen atoms in total. The molecule has 2 N–H and O–H groups in total. The van der Waals surface area contributed by atoms with Gasteiger partial charge in [0, 0.05) is 6.54 Å². The van der Waals surface area contributed by atoms with Crippen molar-refractivity contribution >= 4 is 27.3 Å². The molecule has 0 amide bonds. The van der Waals surface area contributed by atoms with Crippen LogP contribution in [0.5, 0.6) is 0 Å². The van der Waals surface area contributed by atoms with Crippen molar-refractivity contribution in [2.75, 3.05) is 6.54 Å². The minimum absolute atomic E-state index is 0.124. The Hall–Kier alpha value is -0.920. The highest BCUT2D eigenvalue weighted by molar-refractivity contribution is 7.89. The molecule has 1 aliphatic rings. The Balaban J connectivity index is 2.05. The first-order valence-electron chi connectivity index (χ1n) is 6.31. The van der Waals surface area contributed by atoms with Crippen molar-refractivity contribution in [2.45, 2.75) is 37.0 Å². The first kappa shape index (κ1) is 14.5. The molecule has 1 aromatic heterocycles. The van der Waals surface area contributed by atoms with Gasteiger partial charge in [-0.2, -0.15) is 0 Å². The largest absolute Gasteiger partial charge is 0.477 e. The predicted molar refractivity (Wildman–Crippen MR) is 73.0 cm³/mol. The zero-order valence-corrected chi connectivity index (χ0v) is 12.1. The van der Waals surface area contributed by atoms with Gasteiger partial charge in [-0.05, 0) is 30.2 Å². The molecule has 0 atom stereocenters. The molecule has 0 saturated heterocycles. The summed E-state index contributed by atoms with van der Waals surface area (Å²) in [4.78, 5) is 10.7. The van der Waals surface area contributed by atoms with Gasteiger partial charge in [0.2, 0.25) is 10.0 Å². The van der Waals surface area contributed by atoms with Crippen molar-refractivity contribution in [1.82, 2.24) is 4.72 Å². The topological polar surface area (TPSA) is 83.5 Å². The van der Waals surface area contributed by atoms with Gasteiger partial charge in [0.05, 0.1) is 0 Å². The van der Waals surface area contributed by atoms with Gasteiger partial charge in [0.25, 0.3) is 0 Å². The average molecular weight is 303 g/mol. The Bertz CT molecular complexity index is 544. The smallest absolute Gasteiger partial charge is 0.347 e. The third-order valence-corrected chi connectivity index (χ3v) is 5.90. The molecule has 1 fully saturated rings. The Morgan fingerprint density at radius 3 is 2.68 bits per heavy atom. The van der Waals surface area contributed by atoms with E-state index >= 15 is 0 Å². The van der Waals surface area contributed by atoms with Crippen LogP contribution < -0.4 is 4.72 Å². The van der Waals surface area contributed by atoms with Crippen molar-refractivity contribution in [3.8, 4) is 0 Å². The molecule has 0 bridgehead atoms. The summed E-state index contributed by atoms with van der Waals surface area (Å²) in [5.41, 5.74) is 0. The van der Waals surface area contributed by atoms with Crippen LogP contribution in [0.4, 0.5) is 0 Å². The summed E-state index contributed by atoms with van der Waals surface area (Å²) in [6, 6.07) is 1.34. The van der Waals surface area contributed by atoms with Crippen LogP contribution in [-0.2, 0) is 10.0 Å². The second-order valence-corrected chi connectivity index (χ2v) is 7.43. The number of rotatable bonds is 5. The fourth-order valence-electron chi connectivity index (χ4n) is 2.36. The molecule has 0 aliphatic heterocycles. The summed E-state index contributed by atoms with van der Waals surface area (Å²) in [7, 11) is -3.71. The second-order valence-electron chi connectivity index (χ2n) is 4.78. The fraction of sp³-hybridized carbons (Fsp3) is 0.583. The van der Waals surface area contributed by atoms with Crippen molar-refractivity contribution in [1.29, 1.82) is 0 Å². The lowest BCUT2D eigenvalue weighted by molar-refractivity contribution is 0.0698. The first-order valence-corrected chi connectivity index (χ1v) is 8.67. The Morgan fingerprint density at radius 2 is 2.05 bits per heavy atom. The number of nitrogens with one attached hydrogen (secondary N) is 1. The Kier molecular flexibility index (Phi) is 4.59. The van der Waals surface area contributed by atoms with Crippen LogP contribution in [0.2, 0.25) is 0 Å². The number of carbonyl (C=O) groups is 1. The number of sulfonamides is 1. The molecule has 7 heteroatoms. The summed E-state index contributed by atoms with van der Waals surface area (Å²) < 4.78 is 26.7. The first-order chi connectivity index (χ1) is 9.00. The van der Waals surface area contributed by atoms with Gasteiger partial charge >= 0.3 is 5.97 Å². The van der Waals surface area contributed by atoms with E-state index in [0.29, 0.717) is 12.5 Å². The second kappa shape index (κ2) is 6.02. The van der Waals surface area contributed by atoms with Gasteiger partial charge in [-0.15, -0.1) is 11.3 Å². The van der Waals surface area contributed by atoms with Gasteiger partial charge in [-0.1, -0.05) is 19.3 Å². The number of thiophene rings is 1. The third kappa shape index (κ3) is 3.55. The van der Waals surface area contributed by atoms with Crippen molar-refractivity contribution in [3.63, 3.8) is 0 Å². The van der Waals surface area contributed by atoms with E-state index in [-0.39, 0.29) is 9.77 Å². The maximum Gasteiger partial charge on any atom is 0.347 e. The van der Waals surface area contributed by atoms with Gasteiger partial charge in [0.15, 0.2) is 0 Å². The summed E-state index contributed by atoms with van der Waals surface area (Å²) in [6.07, 6.45) is 5.59. The van der Waals surface area contributed by atoms with Crippen LogP contribution in [0.3, 0.4) is 0 Å². The lowest BCUT2D eigenvalue weighted by Gasteiger charge is -2.21. The summed E-state index contributed by atoms with van der Waals surface area (Å²) >= 11 is 0.927. The molecule has 19 heavy (non-hydrogen) atoms. The van der Waals surface area contributed by atoms with E-state index < -0.39 is 16.0 Å². The summed E-state index contributed by atoms with van der Waals surface area (Å²) in [6.45, 7) is 0.400. The highest BCUT2D eigenvalue weighted by Gasteiger charge is 2.24. The van der Waals surface area contributed by atoms with Gasteiger partial charge < -0.3 is 5.11 Å². The number of carboxylic acid groups (broad SMARTS) is 1. The fourth-order valence-corrected chi connectivity index (χ4v) is 4.74. The van der Waals surface area contributed by atoms with Crippen LogP contribution >= 0.6 is 11.3 Å². The quantitative estimate of drug-likeness (QED) is 0.874. The van der Waals surface area contributed by atoms with Crippen molar-refractivity contribution in [3.05, 3.63) is 16.3 Å². The SMILES string of the molecule is O=C(O)c1sccc1S(=O)(=O)NCC1CCCCC1. The lowest BCUT2D eigenvalue weighted by Crippen LogP contribution is -2.30. The molecule has 0 radical (unpaired) electrons. The Labute approximate surface area is 116 Å². The molecule has 0 unspecified atom stereocenters. The van der Waals surface area contributed by atoms with E-state index in [0.717, 1.165) is 37.0 Å². The summed E-state index contributed by atoms with van der Waals surface area (Å²) in [5, 5.41) is 10.4. The predicted octanol–water partition coefficient (Wildman–Crippen LogP) is 2.30. The molecule has 0 aromatic carbocycles. The lowest BCUT2D eigenvalue weighted by atomic mass is 9.90. The van der Waals surface area contributed by atoms with Crippen molar-refractivity contribution in [2.24, 2.45) is 5.92 Å². The molecule has 1 aliphatic carbocycles. The molecule has 106 valence electrons. The molecule has 1 aromatic rings. The number of aromatic carboxylic acids is 1. The maximum atomic E-state index is 12.1. The highest BCUT2D eigenvalue weighted by Crippen LogP contribution is 2.25. The molecule has 0 spiro atoms. The van der Waals surface area contributed by atoms with Crippen LogP contribution in [-0.4, -0.2) is 26.0 Å². The normalized spacial score (nSPS) is 17.5. The molecular weight excluding hydrogens is 286 g/mol. The third-order valence-electron chi connectivity index (χ3n) is 3.40. The summed E-state index contributed by atoms with van der Waals surface area (Å²) in [5.74, 6) is -0.830. The highest BCUT2D eigenvalue weighted by atomic mass is 32.2. The standard InChI is InChI=1S/C12H17NO4S2/c14-12(15)11-10(6-7-18-11)19(16,17)13-8-9-4-2-1-3-5-9/h6-7,9,13H,1-5,8H2,(H,14,15). The monoisotopic (exact) mass is 303 g/mol. The van der Waals surface area contributed by atoms with E-state index in [1.54, 1.807) is 0 Å². The van der Waals surface area contributed by atoms with E-state index in [1.165, 1.54) is 17.9 Å². The van der Waals surface area contributed by atoms with Crippen LogP contribution in [0, 0.1) is 5.92 Å². The minimum atomic E-state index is -3.71. The average Bonchev–Trinajstić information content (AvgIpc) is 2.88. The van der Waals surface area contributed by atoms with E-state index in [2.05, 4.69) is 4.72 Å². The van der Waals surface area contributed by atoms with E-state index in [1.807, 2.05) is 0 Å². The Morgan fingerprint density at radius 1 is 1.37 bits per heavy atom. The number of carboxylic acids is 1. The number of hydrogen-bond donors (Lipinski definition) is 2. The number of hydrogen-bond acceptors (Lipinski definition) is 4. The molecule has 1 saturated carbocycles.